The first-order chi connectivity index (χ1) is 8.39. The predicted octanol–water partition coefficient (Wildman–Crippen LogP) is 2.57. The lowest BCUT2D eigenvalue weighted by molar-refractivity contribution is -0.183. The van der Waals surface area contributed by atoms with Crippen molar-refractivity contribution in [2.75, 3.05) is 18.1 Å². The van der Waals surface area contributed by atoms with Gasteiger partial charge in [-0.25, -0.2) is 0 Å². The number of rotatable bonds is 3. The number of halogens is 3. The Bertz CT molecular complexity index is 279. The Morgan fingerprint density at radius 3 is 2.72 bits per heavy atom. The highest BCUT2D eigenvalue weighted by Gasteiger charge is 2.42. The summed E-state index contributed by atoms with van der Waals surface area (Å²) >= 11 is 1.70. The minimum Gasteiger partial charge on any atom is -0.388 e. The first-order valence-corrected chi connectivity index (χ1v) is 7.65. The smallest absolute Gasteiger partial charge is 0.388 e. The fourth-order valence-electron chi connectivity index (χ4n) is 2.74. The molecule has 1 aliphatic heterocycles. The molecule has 2 rings (SSSR count). The van der Waals surface area contributed by atoms with Gasteiger partial charge in [0.05, 0.1) is 11.5 Å². The van der Waals surface area contributed by atoms with Crippen LogP contribution in [0.2, 0.25) is 0 Å². The zero-order valence-electron chi connectivity index (χ0n) is 10.3. The molecule has 1 saturated carbocycles. The molecule has 0 unspecified atom stereocenters. The average Bonchev–Trinajstić information content (AvgIpc) is 2.74. The van der Waals surface area contributed by atoms with E-state index in [4.69, 9.17) is 0 Å². The Morgan fingerprint density at radius 2 is 2.11 bits per heavy atom. The van der Waals surface area contributed by atoms with E-state index in [9.17, 15) is 18.3 Å². The molecule has 2 nitrogen and oxygen atoms in total. The minimum atomic E-state index is -4.07. The predicted molar refractivity (Wildman–Crippen MR) is 66.7 cm³/mol. The second kappa shape index (κ2) is 5.59. The van der Waals surface area contributed by atoms with Gasteiger partial charge in [0.15, 0.2) is 0 Å². The monoisotopic (exact) mass is 283 g/mol. The van der Waals surface area contributed by atoms with Gasteiger partial charge in [-0.2, -0.15) is 24.9 Å². The summed E-state index contributed by atoms with van der Waals surface area (Å²) in [6.45, 7) is 0.426. The molecule has 3 atom stereocenters. The van der Waals surface area contributed by atoms with Crippen LogP contribution in [0.15, 0.2) is 0 Å². The molecule has 0 bridgehead atoms. The zero-order chi connectivity index (χ0) is 13.2. The summed E-state index contributed by atoms with van der Waals surface area (Å²) in [7, 11) is 0. The van der Waals surface area contributed by atoms with Crippen LogP contribution in [-0.4, -0.2) is 41.0 Å². The standard InChI is InChI=1S/C12H20F3NOS/c13-12(14,15)9-2-1-3-10(6-9)16-7-11(17)4-5-18-8-11/h9-10,16-17H,1-8H2/t9-,10+,11+/m1/s1. The van der Waals surface area contributed by atoms with Gasteiger partial charge in [-0.3, -0.25) is 0 Å². The van der Waals surface area contributed by atoms with Crippen molar-refractivity contribution in [3.05, 3.63) is 0 Å². The van der Waals surface area contributed by atoms with E-state index in [0.29, 0.717) is 18.7 Å². The maximum atomic E-state index is 12.7. The molecular formula is C12H20F3NOS. The van der Waals surface area contributed by atoms with E-state index in [-0.39, 0.29) is 18.9 Å². The van der Waals surface area contributed by atoms with Crippen LogP contribution in [0.25, 0.3) is 0 Å². The molecule has 1 heterocycles. The van der Waals surface area contributed by atoms with Crippen molar-refractivity contribution in [1.29, 1.82) is 0 Å². The Hall–Kier alpha value is 0.0600. The molecule has 0 aromatic heterocycles. The first kappa shape index (κ1) is 14.5. The van der Waals surface area contributed by atoms with E-state index < -0.39 is 17.7 Å². The second-order valence-electron chi connectivity index (χ2n) is 5.51. The van der Waals surface area contributed by atoms with Crippen molar-refractivity contribution < 1.29 is 18.3 Å². The molecule has 0 radical (unpaired) electrons. The number of alkyl halides is 3. The van der Waals surface area contributed by atoms with Gasteiger partial charge in [-0.15, -0.1) is 0 Å². The molecule has 6 heteroatoms. The normalized spacial score (nSPS) is 38.0. The molecule has 2 N–H and O–H groups in total. The van der Waals surface area contributed by atoms with Crippen molar-refractivity contribution in [2.45, 2.75) is 49.9 Å². The SMILES string of the molecule is O[C@]1(CN[C@H]2CCC[C@@H](C(F)(F)F)C2)CCSC1. The van der Waals surface area contributed by atoms with Gasteiger partial charge in [0.25, 0.3) is 0 Å². The van der Waals surface area contributed by atoms with Crippen LogP contribution in [-0.2, 0) is 0 Å². The van der Waals surface area contributed by atoms with Gasteiger partial charge in [0.1, 0.15) is 0 Å². The number of thioether (sulfide) groups is 1. The Balaban J connectivity index is 1.79. The largest absolute Gasteiger partial charge is 0.391 e. The Morgan fingerprint density at radius 1 is 1.33 bits per heavy atom. The first-order valence-electron chi connectivity index (χ1n) is 6.49. The number of nitrogens with one attached hydrogen (secondary N) is 1. The van der Waals surface area contributed by atoms with E-state index in [1.165, 1.54) is 0 Å². The van der Waals surface area contributed by atoms with Gasteiger partial charge in [-0.1, -0.05) is 6.42 Å². The van der Waals surface area contributed by atoms with Crippen molar-refractivity contribution in [3.63, 3.8) is 0 Å². The number of aliphatic hydroxyl groups is 1. The van der Waals surface area contributed by atoms with Gasteiger partial charge >= 0.3 is 6.18 Å². The summed E-state index contributed by atoms with van der Waals surface area (Å²) in [5, 5.41) is 13.3. The van der Waals surface area contributed by atoms with Crippen molar-refractivity contribution >= 4 is 11.8 Å². The van der Waals surface area contributed by atoms with E-state index in [2.05, 4.69) is 5.32 Å². The number of hydrogen-bond acceptors (Lipinski definition) is 3. The molecule has 18 heavy (non-hydrogen) atoms. The van der Waals surface area contributed by atoms with Gasteiger partial charge in [0, 0.05) is 18.3 Å². The molecule has 0 spiro atoms. The second-order valence-corrected chi connectivity index (χ2v) is 6.62. The highest BCUT2D eigenvalue weighted by Crippen LogP contribution is 2.37. The van der Waals surface area contributed by atoms with E-state index in [0.717, 1.165) is 18.6 Å². The van der Waals surface area contributed by atoms with Gasteiger partial charge < -0.3 is 10.4 Å². The van der Waals surface area contributed by atoms with Crippen LogP contribution in [0, 0.1) is 5.92 Å². The summed E-state index contributed by atoms with van der Waals surface area (Å²) in [4.78, 5) is 0. The molecule has 2 fully saturated rings. The van der Waals surface area contributed by atoms with Crippen molar-refractivity contribution in [2.24, 2.45) is 5.92 Å². The van der Waals surface area contributed by atoms with Crippen LogP contribution in [0.3, 0.4) is 0 Å². The third-order valence-corrected chi connectivity index (χ3v) is 5.17. The molecule has 2 aliphatic rings. The lowest BCUT2D eigenvalue weighted by Crippen LogP contribution is -2.47. The van der Waals surface area contributed by atoms with E-state index in [1.54, 1.807) is 11.8 Å². The third kappa shape index (κ3) is 3.78. The van der Waals surface area contributed by atoms with E-state index >= 15 is 0 Å². The quantitative estimate of drug-likeness (QED) is 0.835. The highest BCUT2D eigenvalue weighted by atomic mass is 32.2. The summed E-state index contributed by atoms with van der Waals surface area (Å²) in [5.41, 5.74) is -0.712. The fraction of sp³-hybridized carbons (Fsp3) is 1.00. The molecule has 0 amide bonds. The zero-order valence-corrected chi connectivity index (χ0v) is 11.1. The van der Waals surface area contributed by atoms with Gasteiger partial charge in [0.2, 0.25) is 0 Å². The van der Waals surface area contributed by atoms with Gasteiger partial charge in [-0.05, 0) is 31.4 Å². The summed E-state index contributed by atoms with van der Waals surface area (Å²) in [6.07, 6.45) is -1.51. The molecule has 106 valence electrons. The maximum absolute atomic E-state index is 12.7. The van der Waals surface area contributed by atoms with Crippen molar-refractivity contribution in [3.8, 4) is 0 Å². The minimum absolute atomic E-state index is 0.0972. The van der Waals surface area contributed by atoms with Crippen LogP contribution in [0.5, 0.6) is 0 Å². The molecule has 1 aliphatic carbocycles. The fourth-order valence-corrected chi connectivity index (χ4v) is 4.04. The number of hydrogen-bond donors (Lipinski definition) is 2. The molecule has 1 saturated heterocycles. The highest BCUT2D eigenvalue weighted by molar-refractivity contribution is 7.99. The maximum Gasteiger partial charge on any atom is 0.391 e. The van der Waals surface area contributed by atoms with Crippen LogP contribution in [0.1, 0.15) is 32.1 Å². The van der Waals surface area contributed by atoms with Crippen molar-refractivity contribution in [1.82, 2.24) is 5.32 Å². The Kier molecular flexibility index (Phi) is 4.49. The summed E-state index contributed by atoms with van der Waals surface area (Å²) in [5.74, 6) is 0.458. The lowest BCUT2D eigenvalue weighted by atomic mass is 9.85. The Labute approximate surface area is 110 Å². The molecular weight excluding hydrogens is 263 g/mol. The van der Waals surface area contributed by atoms with Crippen LogP contribution < -0.4 is 5.32 Å². The average molecular weight is 283 g/mol. The summed E-state index contributed by atoms with van der Waals surface area (Å²) in [6, 6.07) is -0.0972. The molecule has 0 aromatic rings. The van der Waals surface area contributed by atoms with Crippen LogP contribution in [0.4, 0.5) is 13.2 Å². The van der Waals surface area contributed by atoms with Crippen LogP contribution >= 0.6 is 11.8 Å². The lowest BCUT2D eigenvalue weighted by Gasteiger charge is -2.33. The topological polar surface area (TPSA) is 32.3 Å². The molecule has 0 aromatic carbocycles. The summed E-state index contributed by atoms with van der Waals surface area (Å²) < 4.78 is 38.0. The third-order valence-electron chi connectivity index (χ3n) is 3.94. The van der Waals surface area contributed by atoms with E-state index in [1.807, 2.05) is 0 Å².